The van der Waals surface area contributed by atoms with Crippen molar-refractivity contribution in [1.29, 1.82) is 0 Å². The van der Waals surface area contributed by atoms with Gasteiger partial charge in [-0.1, -0.05) is 60.7 Å². The summed E-state index contributed by atoms with van der Waals surface area (Å²) in [6, 6.07) is 12.5. The molecule has 2 aromatic heterocycles. The molecule has 0 bridgehead atoms. The lowest BCUT2D eigenvalue weighted by molar-refractivity contribution is 0.498. The molecule has 0 saturated heterocycles. The van der Waals surface area contributed by atoms with Crippen LogP contribution in [-0.2, 0) is 0 Å². The van der Waals surface area contributed by atoms with Gasteiger partial charge in [0.05, 0.1) is 0 Å². The molecule has 0 aliphatic carbocycles. The first-order valence-corrected chi connectivity index (χ1v) is 10.9. The Kier molecular flexibility index (Phi) is 7.05. The van der Waals surface area contributed by atoms with Crippen molar-refractivity contribution in [1.82, 2.24) is 0 Å². The Morgan fingerprint density at radius 3 is 1.91 bits per heavy atom. The number of hydrogen-bond acceptors (Lipinski definition) is 2. The Morgan fingerprint density at radius 1 is 0.781 bits per heavy atom. The number of hydrogen-bond donors (Lipinski definition) is 0. The van der Waals surface area contributed by atoms with Crippen LogP contribution in [0.5, 0.6) is 0 Å². The molecular weight excluding hydrogens is 392 g/mol. The van der Waals surface area contributed by atoms with E-state index in [9.17, 15) is 0 Å². The predicted octanol–water partition coefficient (Wildman–Crippen LogP) is 5.80. The van der Waals surface area contributed by atoms with E-state index in [2.05, 4.69) is 51.3 Å². The molecular formula is C30H32O2. The summed E-state index contributed by atoms with van der Waals surface area (Å²) < 4.78 is 11.6. The second kappa shape index (κ2) is 9.74. The lowest BCUT2D eigenvalue weighted by atomic mass is 10.1. The highest BCUT2D eigenvalue weighted by molar-refractivity contribution is 6.06. The third-order valence-electron chi connectivity index (χ3n) is 5.62. The van der Waals surface area contributed by atoms with E-state index in [1.807, 2.05) is 64.1 Å². The minimum absolute atomic E-state index is 0.792. The maximum Gasteiger partial charge on any atom is 0.138 e. The molecule has 164 valence electrons. The molecule has 4 aromatic rings. The van der Waals surface area contributed by atoms with Gasteiger partial charge >= 0.3 is 0 Å². The van der Waals surface area contributed by atoms with Gasteiger partial charge in [-0.2, -0.15) is 0 Å². The Labute approximate surface area is 189 Å². The highest BCUT2D eigenvalue weighted by Crippen LogP contribution is 2.31. The second-order valence-electron chi connectivity index (χ2n) is 8.20. The Balaban J connectivity index is 0.000000181. The van der Waals surface area contributed by atoms with E-state index in [0.29, 0.717) is 0 Å². The van der Waals surface area contributed by atoms with E-state index in [1.54, 1.807) is 0 Å². The van der Waals surface area contributed by atoms with Crippen molar-refractivity contribution in [2.24, 2.45) is 0 Å². The summed E-state index contributed by atoms with van der Waals surface area (Å²) in [6.45, 7) is 20.3. The van der Waals surface area contributed by atoms with Crippen molar-refractivity contribution in [2.75, 3.05) is 0 Å². The molecule has 2 nitrogen and oxygen atoms in total. The van der Waals surface area contributed by atoms with E-state index >= 15 is 0 Å². The van der Waals surface area contributed by atoms with Gasteiger partial charge in [-0.3, -0.25) is 0 Å². The number of rotatable bonds is 2. The molecule has 0 unspecified atom stereocenters. The zero-order valence-corrected chi connectivity index (χ0v) is 20.0. The maximum atomic E-state index is 5.84. The van der Waals surface area contributed by atoms with Crippen LogP contribution in [-0.4, -0.2) is 0 Å². The van der Waals surface area contributed by atoms with Crippen LogP contribution < -0.4 is 21.3 Å². The summed E-state index contributed by atoms with van der Waals surface area (Å²) in [4.78, 5) is 0. The zero-order chi connectivity index (χ0) is 23.4. The smallest absolute Gasteiger partial charge is 0.138 e. The van der Waals surface area contributed by atoms with Crippen molar-refractivity contribution in [3.8, 4) is 0 Å². The van der Waals surface area contributed by atoms with E-state index in [-0.39, 0.29) is 0 Å². The van der Waals surface area contributed by atoms with Gasteiger partial charge in [0.2, 0.25) is 0 Å². The largest absolute Gasteiger partial charge is 0.456 e. The van der Waals surface area contributed by atoms with Gasteiger partial charge in [0.1, 0.15) is 22.0 Å². The lowest BCUT2D eigenvalue weighted by Gasteiger charge is -1.96. The van der Waals surface area contributed by atoms with Crippen LogP contribution >= 0.6 is 0 Å². The summed E-state index contributed by atoms with van der Waals surface area (Å²) >= 11 is 0. The van der Waals surface area contributed by atoms with E-state index in [1.165, 1.54) is 21.9 Å². The summed E-state index contributed by atoms with van der Waals surface area (Å²) in [7, 11) is 0. The van der Waals surface area contributed by atoms with Crippen LogP contribution in [0, 0.1) is 13.8 Å². The van der Waals surface area contributed by atoms with Gasteiger partial charge in [-0.05, 0) is 77.0 Å². The number of allylic oxidation sites excluding steroid dienone is 4. The maximum absolute atomic E-state index is 5.84. The first-order chi connectivity index (χ1) is 15.2. The molecule has 32 heavy (non-hydrogen) atoms. The SMILES string of the molecule is C=c1c(=C)/c(=C\C(C)=C/C)o/c1=C/C(C)=C\C.Cc1cc(C)c2oc3ccccc3c2c1. The predicted molar refractivity (Wildman–Crippen MR) is 139 cm³/mol. The van der Waals surface area contributed by atoms with Crippen LogP contribution in [0.2, 0.25) is 0 Å². The average Bonchev–Trinajstić information content (AvgIpc) is 3.27. The van der Waals surface area contributed by atoms with Gasteiger partial charge in [-0.25, -0.2) is 0 Å². The summed E-state index contributed by atoms with van der Waals surface area (Å²) in [5.41, 5.74) is 8.37. The first-order valence-electron chi connectivity index (χ1n) is 10.9. The summed E-state index contributed by atoms with van der Waals surface area (Å²) in [5.74, 6) is 0. The van der Waals surface area contributed by atoms with Crippen LogP contribution in [0.3, 0.4) is 0 Å². The number of para-hydroxylation sites is 1. The van der Waals surface area contributed by atoms with Crippen molar-refractivity contribution in [3.63, 3.8) is 0 Å². The fourth-order valence-corrected chi connectivity index (χ4v) is 3.53. The number of fused-ring (bicyclic) bond motifs is 3. The molecule has 2 heteroatoms. The van der Waals surface area contributed by atoms with Crippen LogP contribution in [0.15, 0.2) is 68.5 Å². The standard InChI is InChI=1S/C16H20O.C14H12O/c1-7-11(3)9-15-13(5)14(6)16(17-15)10-12(4)8-2;1-9-7-10(2)14-12(8-9)11-5-3-4-6-13(11)15-14/h7-10H,5-6H2,1-4H3;3-8H,1-2H3/b11-7-,12-8-,15-9+,16-10+;. The average molecular weight is 425 g/mol. The Morgan fingerprint density at radius 2 is 1.34 bits per heavy atom. The fraction of sp³-hybridized carbons (Fsp3) is 0.200. The molecule has 0 N–H and O–H groups in total. The van der Waals surface area contributed by atoms with Gasteiger partial charge in [0, 0.05) is 21.2 Å². The van der Waals surface area contributed by atoms with Crippen LogP contribution in [0.1, 0.15) is 38.8 Å². The molecule has 0 aliphatic heterocycles. The lowest BCUT2D eigenvalue weighted by Crippen LogP contribution is -2.34. The molecule has 0 amide bonds. The second-order valence-corrected chi connectivity index (χ2v) is 8.20. The first kappa shape index (κ1) is 23.1. The molecule has 0 aliphatic rings. The third kappa shape index (κ3) is 4.86. The molecule has 2 aromatic carbocycles. The molecule has 0 fully saturated rings. The van der Waals surface area contributed by atoms with Gasteiger partial charge in [0.25, 0.3) is 0 Å². The fourth-order valence-electron chi connectivity index (χ4n) is 3.53. The normalized spacial score (nSPS) is 13.7. The highest BCUT2D eigenvalue weighted by atomic mass is 16.3. The van der Waals surface area contributed by atoms with E-state index in [4.69, 9.17) is 8.83 Å². The number of benzene rings is 2. The Bertz CT molecular complexity index is 1490. The quantitative estimate of drug-likeness (QED) is 0.407. The molecule has 2 heterocycles. The minimum Gasteiger partial charge on any atom is -0.456 e. The molecule has 0 saturated carbocycles. The van der Waals surface area contributed by atoms with Crippen molar-refractivity contribution >= 4 is 47.2 Å². The van der Waals surface area contributed by atoms with Gasteiger partial charge in [0.15, 0.2) is 0 Å². The monoisotopic (exact) mass is 424 g/mol. The minimum atomic E-state index is 0.792. The van der Waals surface area contributed by atoms with E-state index in [0.717, 1.165) is 43.6 Å². The van der Waals surface area contributed by atoms with Crippen LogP contribution in [0.25, 0.3) is 47.2 Å². The third-order valence-corrected chi connectivity index (χ3v) is 5.62. The van der Waals surface area contributed by atoms with Crippen molar-refractivity contribution < 1.29 is 8.83 Å². The molecule has 0 spiro atoms. The number of furan rings is 2. The molecule has 0 radical (unpaired) electrons. The molecule has 4 rings (SSSR count). The highest BCUT2D eigenvalue weighted by Gasteiger charge is 2.08. The van der Waals surface area contributed by atoms with E-state index < -0.39 is 0 Å². The molecule has 0 atom stereocenters. The topological polar surface area (TPSA) is 26.3 Å². The van der Waals surface area contributed by atoms with Crippen LogP contribution in [0.4, 0.5) is 0 Å². The Hall–Kier alpha value is -3.52. The number of aryl methyl sites for hydroxylation is 2. The van der Waals surface area contributed by atoms with Gasteiger partial charge < -0.3 is 8.83 Å². The summed E-state index contributed by atoms with van der Waals surface area (Å²) in [6.07, 6.45) is 8.04. The summed E-state index contributed by atoms with van der Waals surface area (Å²) in [5, 5.41) is 4.16. The van der Waals surface area contributed by atoms with Gasteiger partial charge in [-0.15, -0.1) is 0 Å². The van der Waals surface area contributed by atoms with Crippen molar-refractivity contribution in [2.45, 2.75) is 41.5 Å². The zero-order valence-electron chi connectivity index (χ0n) is 20.0. The van der Waals surface area contributed by atoms with Crippen molar-refractivity contribution in [3.05, 3.63) is 92.1 Å².